The van der Waals surface area contributed by atoms with Gasteiger partial charge in [0, 0.05) is 19.3 Å². The van der Waals surface area contributed by atoms with Gasteiger partial charge in [-0.05, 0) is 50.7 Å². The Morgan fingerprint density at radius 3 is 2.00 bits per heavy atom. The first-order chi connectivity index (χ1) is 11.2. The highest BCUT2D eigenvalue weighted by Gasteiger charge is 2.43. The van der Waals surface area contributed by atoms with Crippen molar-refractivity contribution in [1.29, 1.82) is 0 Å². The van der Waals surface area contributed by atoms with Gasteiger partial charge < -0.3 is 13.4 Å². The van der Waals surface area contributed by atoms with E-state index in [9.17, 15) is 0 Å². The zero-order valence-electron chi connectivity index (χ0n) is 17.5. The summed E-state index contributed by atoms with van der Waals surface area (Å²) in [6.45, 7) is 19.5. The van der Waals surface area contributed by atoms with Gasteiger partial charge in [-0.3, -0.25) is 0 Å². The fraction of sp³-hybridized carbons (Fsp3) is 1.00. The van der Waals surface area contributed by atoms with E-state index in [2.05, 4.69) is 52.3 Å². The molecule has 5 heteroatoms. The molecule has 3 nitrogen and oxygen atoms in total. The highest BCUT2D eigenvalue weighted by atomic mass is 28.3. The van der Waals surface area contributed by atoms with Crippen molar-refractivity contribution in [3.63, 3.8) is 0 Å². The molecule has 0 N–H and O–H groups in total. The van der Waals surface area contributed by atoms with Crippen molar-refractivity contribution >= 4 is 17.5 Å². The third-order valence-corrected chi connectivity index (χ3v) is 14.1. The molecule has 1 fully saturated rings. The maximum Gasteiger partial charge on any atom is 0.321 e. The molecule has 24 heavy (non-hydrogen) atoms. The van der Waals surface area contributed by atoms with Gasteiger partial charge in [-0.25, -0.2) is 0 Å². The molecule has 0 aromatic heterocycles. The largest absolute Gasteiger partial charge is 0.397 e. The summed E-state index contributed by atoms with van der Waals surface area (Å²) < 4.78 is 14.7. The van der Waals surface area contributed by atoms with E-state index in [0.29, 0.717) is 5.04 Å². The van der Waals surface area contributed by atoms with Gasteiger partial charge in [0.1, 0.15) is 8.24 Å². The maximum absolute atomic E-state index is 5.87. The van der Waals surface area contributed by atoms with Crippen molar-refractivity contribution in [3.05, 3.63) is 0 Å². The second-order valence-corrected chi connectivity index (χ2v) is 16.1. The Bertz CT molecular complexity index is 333. The van der Waals surface area contributed by atoms with Crippen LogP contribution in [0.5, 0.6) is 0 Å². The highest BCUT2D eigenvalue weighted by molar-refractivity contribution is 6.77. The van der Waals surface area contributed by atoms with Crippen LogP contribution in [0.25, 0.3) is 0 Å². The van der Waals surface area contributed by atoms with Gasteiger partial charge in [-0.1, -0.05) is 53.1 Å². The minimum absolute atomic E-state index is 0.418. The number of rotatable bonds is 10. The standard InChI is InChI=1S/C19H43NO2Si2/c1-8-21-23(22-9-2)17-13-16-20(18-14-11-10-12-15-18)24(6,7)19(3,4)5/h18,23H,8-17H2,1-7H3. The average Bonchev–Trinajstić information content (AvgIpc) is 2.51. The van der Waals surface area contributed by atoms with Crippen molar-refractivity contribution in [2.75, 3.05) is 19.8 Å². The summed E-state index contributed by atoms with van der Waals surface area (Å²) in [7, 11) is -2.91. The first-order valence-corrected chi connectivity index (χ1v) is 14.9. The van der Waals surface area contributed by atoms with Crippen LogP contribution in [0.15, 0.2) is 0 Å². The average molecular weight is 374 g/mol. The van der Waals surface area contributed by atoms with Crippen LogP contribution >= 0.6 is 0 Å². The third kappa shape index (κ3) is 6.56. The number of nitrogens with zero attached hydrogens (tertiary/aromatic N) is 1. The third-order valence-electron chi connectivity index (χ3n) is 6.11. The Morgan fingerprint density at radius 2 is 1.54 bits per heavy atom. The summed E-state index contributed by atoms with van der Waals surface area (Å²) >= 11 is 0. The van der Waals surface area contributed by atoms with Crippen molar-refractivity contribution in [2.24, 2.45) is 0 Å². The van der Waals surface area contributed by atoms with E-state index in [1.807, 2.05) is 0 Å². The number of hydrogen-bond acceptors (Lipinski definition) is 3. The molecule has 1 aliphatic rings. The minimum atomic E-state index is -1.46. The molecule has 0 bridgehead atoms. The quantitative estimate of drug-likeness (QED) is 0.484. The van der Waals surface area contributed by atoms with Gasteiger partial charge in [-0.15, -0.1) is 0 Å². The molecule has 0 aliphatic heterocycles. The van der Waals surface area contributed by atoms with Crippen molar-refractivity contribution in [2.45, 2.75) is 103 Å². The summed E-state index contributed by atoms with van der Waals surface area (Å²) in [5, 5.41) is 0.418. The molecule has 0 aromatic carbocycles. The SMILES string of the molecule is CCO[SiH](CCCN(C1CCCCC1)[Si](C)(C)C(C)(C)C)OCC. The summed E-state index contributed by atoms with van der Waals surface area (Å²) in [6, 6.07) is 1.97. The van der Waals surface area contributed by atoms with Crippen LogP contribution in [0.2, 0.25) is 24.2 Å². The predicted molar refractivity (Wildman–Crippen MR) is 111 cm³/mol. The molecule has 0 amide bonds. The lowest BCUT2D eigenvalue weighted by molar-refractivity contribution is 0.206. The monoisotopic (exact) mass is 373 g/mol. The normalized spacial score (nSPS) is 17.9. The summed E-state index contributed by atoms with van der Waals surface area (Å²) in [5.74, 6) is 0. The van der Waals surface area contributed by atoms with Crippen molar-refractivity contribution in [1.82, 2.24) is 4.57 Å². The second-order valence-electron chi connectivity index (χ2n) is 8.78. The van der Waals surface area contributed by atoms with E-state index >= 15 is 0 Å². The molecule has 144 valence electrons. The van der Waals surface area contributed by atoms with Crippen LogP contribution < -0.4 is 0 Å². The lowest BCUT2D eigenvalue weighted by Crippen LogP contribution is -2.59. The second kappa shape index (κ2) is 10.5. The lowest BCUT2D eigenvalue weighted by Gasteiger charge is -2.50. The highest BCUT2D eigenvalue weighted by Crippen LogP contribution is 2.41. The first kappa shape index (κ1) is 22.4. The maximum atomic E-state index is 5.87. The Labute approximate surface area is 154 Å². The zero-order chi connectivity index (χ0) is 18.2. The molecule has 0 aromatic rings. The van der Waals surface area contributed by atoms with Crippen LogP contribution in [-0.2, 0) is 8.85 Å². The van der Waals surface area contributed by atoms with Crippen LogP contribution in [0, 0.1) is 0 Å². The van der Waals surface area contributed by atoms with Crippen LogP contribution in [0.4, 0.5) is 0 Å². The van der Waals surface area contributed by atoms with Gasteiger partial charge in [0.25, 0.3) is 0 Å². The zero-order valence-corrected chi connectivity index (χ0v) is 19.6. The van der Waals surface area contributed by atoms with Gasteiger partial charge in [-0.2, -0.15) is 0 Å². The smallest absolute Gasteiger partial charge is 0.321 e. The molecule has 0 radical (unpaired) electrons. The Balaban J connectivity index is 2.71. The molecule has 0 atom stereocenters. The van der Waals surface area contributed by atoms with Crippen LogP contribution in [0.1, 0.15) is 73.1 Å². The van der Waals surface area contributed by atoms with E-state index < -0.39 is 17.5 Å². The topological polar surface area (TPSA) is 21.7 Å². The molecule has 0 unspecified atom stereocenters. The molecular formula is C19H43NO2Si2. The minimum Gasteiger partial charge on any atom is -0.397 e. The molecule has 1 aliphatic carbocycles. The molecule has 0 saturated heterocycles. The molecule has 0 spiro atoms. The lowest BCUT2D eigenvalue weighted by atomic mass is 9.95. The number of hydrogen-bond donors (Lipinski definition) is 0. The van der Waals surface area contributed by atoms with E-state index in [0.717, 1.165) is 25.3 Å². The first-order valence-electron chi connectivity index (χ1n) is 10.2. The van der Waals surface area contributed by atoms with E-state index in [1.165, 1.54) is 45.1 Å². The van der Waals surface area contributed by atoms with Gasteiger partial charge in [0.15, 0.2) is 0 Å². The summed E-state index contributed by atoms with van der Waals surface area (Å²) in [5.41, 5.74) is 0. The predicted octanol–water partition coefficient (Wildman–Crippen LogP) is 5.31. The fourth-order valence-electron chi connectivity index (χ4n) is 3.76. The summed E-state index contributed by atoms with van der Waals surface area (Å²) in [6.07, 6.45) is 8.33. The van der Waals surface area contributed by atoms with Crippen molar-refractivity contribution in [3.8, 4) is 0 Å². The fourth-order valence-corrected chi connectivity index (χ4v) is 8.20. The van der Waals surface area contributed by atoms with Gasteiger partial charge in [0.2, 0.25) is 0 Å². The van der Waals surface area contributed by atoms with Crippen LogP contribution in [0.3, 0.4) is 0 Å². The van der Waals surface area contributed by atoms with Gasteiger partial charge >= 0.3 is 9.28 Å². The summed E-state index contributed by atoms with van der Waals surface area (Å²) in [4.78, 5) is 0. The molecular weight excluding hydrogens is 330 g/mol. The molecule has 1 rings (SSSR count). The molecule has 1 saturated carbocycles. The van der Waals surface area contributed by atoms with Crippen molar-refractivity contribution < 1.29 is 8.85 Å². The Morgan fingerprint density at radius 1 is 1.00 bits per heavy atom. The van der Waals surface area contributed by atoms with E-state index in [1.54, 1.807) is 0 Å². The Kier molecular flexibility index (Phi) is 9.74. The van der Waals surface area contributed by atoms with E-state index in [4.69, 9.17) is 8.85 Å². The van der Waals surface area contributed by atoms with E-state index in [-0.39, 0.29) is 0 Å². The van der Waals surface area contributed by atoms with Gasteiger partial charge in [0.05, 0.1) is 0 Å². The molecule has 0 heterocycles. The Hall–Kier alpha value is 0.314. The van der Waals surface area contributed by atoms with Crippen LogP contribution in [-0.4, -0.2) is 47.9 Å².